The highest BCUT2D eigenvalue weighted by Crippen LogP contribution is 2.28. The number of fused-ring (bicyclic) bond motifs is 1. The molecule has 2 amide bonds. The van der Waals surface area contributed by atoms with Crippen molar-refractivity contribution >= 4 is 35.3 Å². The summed E-state index contributed by atoms with van der Waals surface area (Å²) in [5.41, 5.74) is 4.15. The minimum absolute atomic E-state index is 0.0119. The number of carbonyl (C=O) groups is 2. The number of methoxy groups -OCH3 is 1. The lowest BCUT2D eigenvalue weighted by Crippen LogP contribution is -2.32. The van der Waals surface area contributed by atoms with E-state index in [1.165, 1.54) is 6.21 Å². The van der Waals surface area contributed by atoms with Crippen LogP contribution in [-0.4, -0.2) is 42.2 Å². The largest absolute Gasteiger partial charge is 0.496 e. The molecule has 9 nitrogen and oxygen atoms in total. The molecule has 1 heterocycles. The van der Waals surface area contributed by atoms with Gasteiger partial charge in [-0.1, -0.05) is 53.3 Å². The molecule has 0 saturated heterocycles. The molecule has 0 aromatic heterocycles. The zero-order valence-electron chi connectivity index (χ0n) is 17.7. The molecule has 0 saturated carbocycles. The molecule has 2 N–H and O–H groups in total. The van der Waals surface area contributed by atoms with Crippen LogP contribution in [0.5, 0.6) is 5.75 Å². The van der Waals surface area contributed by atoms with E-state index >= 15 is 0 Å². The maximum atomic E-state index is 12.0. The van der Waals surface area contributed by atoms with Gasteiger partial charge in [0.25, 0.3) is 0 Å². The van der Waals surface area contributed by atoms with Crippen molar-refractivity contribution in [2.75, 3.05) is 12.4 Å². The molecule has 0 spiro atoms. The molecule has 0 radical (unpaired) electrons. The normalized spacial score (nSPS) is 18.4. The maximum Gasteiger partial charge on any atom is 0.329 e. The number of halogens is 1. The Kier molecular flexibility index (Phi) is 6.80. The van der Waals surface area contributed by atoms with E-state index in [0.29, 0.717) is 28.6 Å². The van der Waals surface area contributed by atoms with Crippen LogP contribution in [0.3, 0.4) is 0 Å². The molecule has 33 heavy (non-hydrogen) atoms. The smallest absolute Gasteiger partial charge is 0.329 e. The molecule has 168 valence electrons. The molecule has 0 bridgehead atoms. The Balaban J connectivity index is 1.39. The van der Waals surface area contributed by atoms with Gasteiger partial charge in [-0.3, -0.25) is 14.6 Å². The quantitative estimate of drug-likeness (QED) is 0.387. The number of hydrazone groups is 1. The van der Waals surface area contributed by atoms with E-state index in [9.17, 15) is 9.59 Å². The Hall–Kier alpha value is -3.98. The molecule has 0 fully saturated rings. The number of rotatable bonds is 6. The van der Waals surface area contributed by atoms with Crippen LogP contribution in [0.15, 0.2) is 82.2 Å². The molecule has 1 aliphatic carbocycles. The number of nitrogens with one attached hydrogen (secondary N) is 2. The fourth-order valence-corrected chi connectivity index (χ4v) is 3.61. The highest BCUT2D eigenvalue weighted by molar-refractivity contribution is 6.41. The summed E-state index contributed by atoms with van der Waals surface area (Å²) < 4.78 is 5.48. The predicted molar refractivity (Wildman–Crippen MR) is 125 cm³/mol. The van der Waals surface area contributed by atoms with Gasteiger partial charge in [-0.15, -0.1) is 0 Å². The standard InChI is InChI=1S/C23H21ClN6O3/c1-33-21-11-10-15(12-16(21)14-30-20-9-5-4-8-19(20)27-29-30)13-25-28-23(32)22(31)26-18-7-3-2-6-17(18)24/h2-13,19-20H,14H2,1H3,(H,26,31)(H,28,32)/b25-13+. The first-order valence-electron chi connectivity index (χ1n) is 10.1. The van der Waals surface area contributed by atoms with E-state index in [-0.39, 0.29) is 12.1 Å². The Morgan fingerprint density at radius 2 is 2.00 bits per heavy atom. The third-order valence-corrected chi connectivity index (χ3v) is 5.40. The molecule has 1 aliphatic heterocycles. The van der Waals surface area contributed by atoms with Crippen molar-refractivity contribution in [2.45, 2.75) is 18.6 Å². The second-order valence-electron chi connectivity index (χ2n) is 7.26. The third kappa shape index (κ3) is 5.27. The first-order valence-corrected chi connectivity index (χ1v) is 10.5. The molecule has 2 aromatic carbocycles. The van der Waals surface area contributed by atoms with Crippen LogP contribution in [0.2, 0.25) is 5.02 Å². The molecular weight excluding hydrogens is 444 g/mol. The van der Waals surface area contributed by atoms with Crippen LogP contribution in [0.4, 0.5) is 5.69 Å². The van der Waals surface area contributed by atoms with Crippen molar-refractivity contribution in [3.63, 3.8) is 0 Å². The Bertz CT molecular complexity index is 1180. The monoisotopic (exact) mass is 464 g/mol. The SMILES string of the molecule is COc1ccc(/C=N/NC(=O)C(=O)Nc2ccccc2Cl)cc1CN1N=NC2C=CC=CC21. The van der Waals surface area contributed by atoms with E-state index in [4.69, 9.17) is 16.3 Å². The number of allylic oxidation sites excluding steroid dienone is 2. The average Bonchev–Trinajstić information content (AvgIpc) is 3.23. The van der Waals surface area contributed by atoms with Gasteiger partial charge in [0.2, 0.25) is 0 Å². The minimum atomic E-state index is -0.916. The molecule has 2 aromatic rings. The summed E-state index contributed by atoms with van der Waals surface area (Å²) in [6.07, 6.45) is 9.46. The minimum Gasteiger partial charge on any atom is -0.496 e. The zero-order valence-corrected chi connectivity index (χ0v) is 18.4. The van der Waals surface area contributed by atoms with E-state index in [1.54, 1.807) is 37.4 Å². The summed E-state index contributed by atoms with van der Waals surface area (Å²) in [5.74, 6) is -1.09. The van der Waals surface area contributed by atoms with Gasteiger partial charge in [0.05, 0.1) is 36.6 Å². The number of nitrogens with zero attached hydrogens (tertiary/aromatic N) is 4. The fraction of sp³-hybridized carbons (Fsp3) is 0.174. The van der Waals surface area contributed by atoms with Gasteiger partial charge in [0.1, 0.15) is 11.8 Å². The Morgan fingerprint density at radius 1 is 1.18 bits per heavy atom. The van der Waals surface area contributed by atoms with Gasteiger partial charge in [0, 0.05) is 5.56 Å². The van der Waals surface area contributed by atoms with Crippen LogP contribution < -0.4 is 15.5 Å². The second kappa shape index (κ2) is 10.1. The number of ether oxygens (including phenoxy) is 1. The number of carbonyl (C=O) groups excluding carboxylic acids is 2. The third-order valence-electron chi connectivity index (χ3n) is 5.07. The lowest BCUT2D eigenvalue weighted by Gasteiger charge is -2.24. The van der Waals surface area contributed by atoms with E-state index in [1.807, 2.05) is 35.4 Å². The van der Waals surface area contributed by atoms with Gasteiger partial charge >= 0.3 is 11.8 Å². The lowest BCUT2D eigenvalue weighted by molar-refractivity contribution is -0.136. The van der Waals surface area contributed by atoms with Gasteiger partial charge < -0.3 is 10.1 Å². The van der Waals surface area contributed by atoms with Crippen LogP contribution in [-0.2, 0) is 16.1 Å². The van der Waals surface area contributed by atoms with Gasteiger partial charge in [-0.2, -0.15) is 10.2 Å². The number of benzene rings is 2. The number of amides is 2. The van der Waals surface area contributed by atoms with Crippen molar-refractivity contribution in [2.24, 2.45) is 15.4 Å². The topological polar surface area (TPSA) is 108 Å². The van der Waals surface area contributed by atoms with Crippen LogP contribution in [0.1, 0.15) is 11.1 Å². The second-order valence-corrected chi connectivity index (χ2v) is 7.67. The lowest BCUT2D eigenvalue weighted by atomic mass is 10.0. The summed E-state index contributed by atoms with van der Waals surface area (Å²) in [5, 5.41) is 17.1. The Morgan fingerprint density at radius 3 is 2.82 bits per heavy atom. The molecule has 2 aliphatic rings. The van der Waals surface area contributed by atoms with E-state index < -0.39 is 11.8 Å². The number of hydrogen-bond acceptors (Lipinski definition) is 7. The summed E-state index contributed by atoms with van der Waals surface area (Å²) in [4.78, 5) is 24.1. The fourth-order valence-electron chi connectivity index (χ4n) is 3.42. The predicted octanol–water partition coefficient (Wildman–Crippen LogP) is 3.48. The summed E-state index contributed by atoms with van der Waals surface area (Å²) in [6, 6.07) is 12.2. The van der Waals surface area contributed by atoms with Crippen LogP contribution >= 0.6 is 11.6 Å². The first-order chi connectivity index (χ1) is 16.0. The van der Waals surface area contributed by atoms with Crippen molar-refractivity contribution in [1.29, 1.82) is 0 Å². The highest BCUT2D eigenvalue weighted by Gasteiger charge is 2.30. The first kappa shape index (κ1) is 22.2. The molecule has 2 atom stereocenters. The highest BCUT2D eigenvalue weighted by atomic mass is 35.5. The summed E-state index contributed by atoms with van der Waals surface area (Å²) >= 11 is 5.99. The van der Waals surface area contributed by atoms with Crippen LogP contribution in [0.25, 0.3) is 0 Å². The number of para-hydroxylation sites is 1. The molecular formula is C23H21ClN6O3. The van der Waals surface area contributed by atoms with Gasteiger partial charge in [0.15, 0.2) is 0 Å². The maximum absolute atomic E-state index is 12.0. The van der Waals surface area contributed by atoms with E-state index in [0.717, 1.165) is 5.56 Å². The molecule has 10 heteroatoms. The van der Waals surface area contributed by atoms with E-state index in [2.05, 4.69) is 32.3 Å². The van der Waals surface area contributed by atoms with Crippen LogP contribution in [0, 0.1) is 0 Å². The van der Waals surface area contributed by atoms with Gasteiger partial charge in [-0.25, -0.2) is 5.43 Å². The number of anilines is 1. The summed E-state index contributed by atoms with van der Waals surface area (Å²) in [6.45, 7) is 0.486. The Labute approximate surface area is 195 Å². The number of hydrogen-bond donors (Lipinski definition) is 2. The van der Waals surface area contributed by atoms with Crippen molar-refractivity contribution < 1.29 is 14.3 Å². The zero-order chi connectivity index (χ0) is 23.2. The van der Waals surface area contributed by atoms with Crippen molar-refractivity contribution in [1.82, 2.24) is 10.4 Å². The van der Waals surface area contributed by atoms with Crippen molar-refractivity contribution in [3.8, 4) is 5.75 Å². The van der Waals surface area contributed by atoms with Crippen molar-refractivity contribution in [3.05, 3.63) is 82.9 Å². The molecule has 4 rings (SSSR count). The average molecular weight is 465 g/mol. The summed E-state index contributed by atoms with van der Waals surface area (Å²) in [7, 11) is 1.60. The molecule has 2 unspecified atom stereocenters. The van der Waals surface area contributed by atoms with Gasteiger partial charge in [-0.05, 0) is 35.9 Å².